The molecule has 1 aliphatic carbocycles. The summed E-state index contributed by atoms with van der Waals surface area (Å²) in [5.74, 6) is -3.33. The molecular weight excluding hydrogens is 307 g/mol. The predicted octanol–water partition coefficient (Wildman–Crippen LogP) is 3.83. The summed E-state index contributed by atoms with van der Waals surface area (Å²) in [6.45, 7) is 1.88. The van der Waals surface area contributed by atoms with Crippen molar-refractivity contribution in [3.05, 3.63) is 59.4 Å². The lowest BCUT2D eigenvalue weighted by Crippen LogP contribution is -2.01. The monoisotopic (exact) mass is 317 g/mol. The van der Waals surface area contributed by atoms with E-state index in [9.17, 15) is 18.3 Å². The number of hydrogen-bond acceptors (Lipinski definition) is 3. The van der Waals surface area contributed by atoms with Crippen LogP contribution >= 0.6 is 0 Å². The summed E-state index contributed by atoms with van der Waals surface area (Å²) in [5, 5.41) is 9.88. The molecule has 1 aromatic carbocycles. The first-order valence-corrected chi connectivity index (χ1v) is 6.89. The van der Waals surface area contributed by atoms with Crippen molar-refractivity contribution in [2.75, 3.05) is 0 Å². The summed E-state index contributed by atoms with van der Waals surface area (Å²) >= 11 is 0. The molecule has 0 saturated heterocycles. The SMILES string of the molecule is CC1C=C(O)c2cnc3c(-c4cc(F)cc(F)c4F)ncn3c21. The molecule has 0 bridgehead atoms. The second-order valence-electron chi connectivity index (χ2n) is 5.43. The minimum atomic E-state index is -1.28. The highest BCUT2D eigenvalue weighted by Gasteiger charge is 2.26. The number of benzene rings is 1. The van der Waals surface area contributed by atoms with E-state index in [1.807, 2.05) is 6.92 Å². The third-order valence-corrected chi connectivity index (χ3v) is 3.96. The number of aliphatic hydroxyl groups excluding tert-OH is 1. The Kier molecular flexibility index (Phi) is 2.75. The average Bonchev–Trinajstić information content (AvgIpc) is 3.04. The standard InChI is InChI=1S/C16H10F3N3O/c1-7-2-12(23)10-5-20-16-14(21-6-22(16)15(7)10)9-3-8(17)4-11(18)13(9)19/h2-7,23H,1H3. The number of allylic oxidation sites excluding steroid dienone is 1. The Labute approximate surface area is 128 Å². The van der Waals surface area contributed by atoms with Crippen LogP contribution in [0.15, 0.2) is 30.7 Å². The molecule has 0 spiro atoms. The van der Waals surface area contributed by atoms with Crippen LogP contribution in [0.4, 0.5) is 13.2 Å². The fourth-order valence-corrected chi connectivity index (χ4v) is 2.95. The molecule has 1 N–H and O–H groups in total. The Balaban J connectivity index is 2.01. The number of imidazole rings is 1. The Morgan fingerprint density at radius 1 is 1.13 bits per heavy atom. The van der Waals surface area contributed by atoms with E-state index in [1.54, 1.807) is 10.5 Å². The molecular formula is C16H10F3N3O. The third-order valence-electron chi connectivity index (χ3n) is 3.96. The van der Waals surface area contributed by atoms with Crippen molar-refractivity contribution in [3.63, 3.8) is 0 Å². The van der Waals surface area contributed by atoms with E-state index >= 15 is 0 Å². The maximum atomic E-state index is 14.0. The Morgan fingerprint density at radius 3 is 2.70 bits per heavy atom. The van der Waals surface area contributed by atoms with Crippen molar-refractivity contribution >= 4 is 11.4 Å². The first-order chi connectivity index (χ1) is 11.0. The van der Waals surface area contributed by atoms with E-state index in [0.29, 0.717) is 11.6 Å². The lowest BCUT2D eigenvalue weighted by atomic mass is 10.1. The molecule has 4 rings (SSSR count). The number of hydrogen-bond donors (Lipinski definition) is 1. The highest BCUT2D eigenvalue weighted by Crippen LogP contribution is 2.36. The van der Waals surface area contributed by atoms with Crippen molar-refractivity contribution in [3.8, 4) is 11.3 Å². The molecule has 116 valence electrons. The lowest BCUT2D eigenvalue weighted by molar-refractivity contribution is 0.497. The molecule has 0 saturated carbocycles. The lowest BCUT2D eigenvalue weighted by Gasteiger charge is -2.08. The van der Waals surface area contributed by atoms with Gasteiger partial charge in [0.2, 0.25) is 0 Å². The van der Waals surface area contributed by atoms with Crippen LogP contribution in [0.1, 0.15) is 24.1 Å². The van der Waals surface area contributed by atoms with Gasteiger partial charge in [-0.05, 0) is 12.1 Å². The van der Waals surface area contributed by atoms with E-state index in [-0.39, 0.29) is 28.6 Å². The molecule has 0 radical (unpaired) electrons. The van der Waals surface area contributed by atoms with Crippen molar-refractivity contribution in [2.45, 2.75) is 12.8 Å². The number of aromatic nitrogens is 3. The van der Waals surface area contributed by atoms with Crippen molar-refractivity contribution in [1.82, 2.24) is 14.4 Å². The largest absolute Gasteiger partial charge is 0.508 e. The molecule has 1 unspecified atom stereocenters. The van der Waals surface area contributed by atoms with Crippen molar-refractivity contribution < 1.29 is 18.3 Å². The van der Waals surface area contributed by atoms with Crippen LogP contribution < -0.4 is 0 Å². The summed E-state index contributed by atoms with van der Waals surface area (Å²) < 4.78 is 42.5. The van der Waals surface area contributed by atoms with Gasteiger partial charge in [0.25, 0.3) is 0 Å². The van der Waals surface area contributed by atoms with E-state index in [1.165, 1.54) is 12.5 Å². The second kappa shape index (κ2) is 4.58. The van der Waals surface area contributed by atoms with Gasteiger partial charge in [-0.15, -0.1) is 0 Å². The molecule has 2 aromatic heterocycles. The summed E-state index contributed by atoms with van der Waals surface area (Å²) in [6.07, 6.45) is 4.51. The molecule has 1 aliphatic rings. The van der Waals surface area contributed by atoms with Crippen LogP contribution in [-0.2, 0) is 0 Å². The van der Waals surface area contributed by atoms with E-state index in [0.717, 1.165) is 11.8 Å². The number of rotatable bonds is 1. The molecule has 4 nitrogen and oxygen atoms in total. The number of halogens is 3. The van der Waals surface area contributed by atoms with Gasteiger partial charge in [0, 0.05) is 29.4 Å². The van der Waals surface area contributed by atoms with E-state index < -0.39 is 17.5 Å². The van der Waals surface area contributed by atoms with Gasteiger partial charge < -0.3 is 5.11 Å². The topological polar surface area (TPSA) is 50.4 Å². The molecule has 0 amide bonds. The smallest absolute Gasteiger partial charge is 0.168 e. The number of nitrogens with zero attached hydrogens (tertiary/aromatic N) is 3. The quantitative estimate of drug-likeness (QED) is 0.694. The summed E-state index contributed by atoms with van der Waals surface area (Å²) in [4.78, 5) is 8.23. The minimum Gasteiger partial charge on any atom is -0.508 e. The molecule has 3 aromatic rings. The van der Waals surface area contributed by atoms with Crippen LogP contribution in [0.3, 0.4) is 0 Å². The van der Waals surface area contributed by atoms with Gasteiger partial charge in [-0.1, -0.05) is 6.92 Å². The van der Waals surface area contributed by atoms with E-state index in [4.69, 9.17) is 0 Å². The molecule has 0 aliphatic heterocycles. The molecule has 7 heteroatoms. The highest BCUT2D eigenvalue weighted by atomic mass is 19.2. The third kappa shape index (κ3) is 1.86. The van der Waals surface area contributed by atoms with Gasteiger partial charge in [0.15, 0.2) is 17.3 Å². The molecule has 23 heavy (non-hydrogen) atoms. The fraction of sp³-hybridized carbons (Fsp3) is 0.125. The summed E-state index contributed by atoms with van der Waals surface area (Å²) in [7, 11) is 0. The van der Waals surface area contributed by atoms with Gasteiger partial charge in [0.1, 0.15) is 23.6 Å². The fourth-order valence-electron chi connectivity index (χ4n) is 2.95. The van der Waals surface area contributed by atoms with Crippen LogP contribution in [-0.4, -0.2) is 19.5 Å². The zero-order valence-corrected chi connectivity index (χ0v) is 11.9. The Bertz CT molecular complexity index is 994. The van der Waals surface area contributed by atoms with Crippen LogP contribution in [0.25, 0.3) is 22.7 Å². The van der Waals surface area contributed by atoms with Crippen molar-refractivity contribution in [2.24, 2.45) is 0 Å². The number of fused-ring (bicyclic) bond motifs is 3. The summed E-state index contributed by atoms with van der Waals surface area (Å²) in [6, 6.07) is 1.36. The summed E-state index contributed by atoms with van der Waals surface area (Å²) in [5.41, 5.74) is 1.31. The van der Waals surface area contributed by atoms with Crippen LogP contribution in [0.5, 0.6) is 0 Å². The van der Waals surface area contributed by atoms with Gasteiger partial charge in [0.05, 0.1) is 5.56 Å². The zero-order chi connectivity index (χ0) is 16.3. The van der Waals surface area contributed by atoms with E-state index in [2.05, 4.69) is 9.97 Å². The van der Waals surface area contributed by atoms with Crippen LogP contribution in [0.2, 0.25) is 0 Å². The van der Waals surface area contributed by atoms with Gasteiger partial charge in [-0.25, -0.2) is 23.1 Å². The molecule has 2 heterocycles. The zero-order valence-electron chi connectivity index (χ0n) is 11.9. The van der Waals surface area contributed by atoms with Gasteiger partial charge in [-0.3, -0.25) is 4.40 Å². The maximum Gasteiger partial charge on any atom is 0.168 e. The molecule has 0 fully saturated rings. The van der Waals surface area contributed by atoms with Crippen molar-refractivity contribution in [1.29, 1.82) is 0 Å². The predicted molar refractivity (Wildman–Crippen MR) is 77.3 cm³/mol. The van der Waals surface area contributed by atoms with Gasteiger partial charge in [-0.2, -0.15) is 0 Å². The first-order valence-electron chi connectivity index (χ1n) is 6.89. The maximum absolute atomic E-state index is 14.0. The Morgan fingerprint density at radius 2 is 1.91 bits per heavy atom. The highest BCUT2D eigenvalue weighted by molar-refractivity contribution is 5.77. The van der Waals surface area contributed by atoms with Crippen LogP contribution in [0, 0.1) is 17.5 Å². The minimum absolute atomic E-state index is 0.0438. The van der Waals surface area contributed by atoms with Gasteiger partial charge >= 0.3 is 0 Å². The number of aliphatic hydroxyl groups is 1. The average molecular weight is 317 g/mol. The second-order valence-corrected chi connectivity index (χ2v) is 5.43. The first kappa shape index (κ1) is 13.8. The Hall–Kier alpha value is -2.83. The normalized spacial score (nSPS) is 16.7. The molecule has 1 atom stereocenters.